The summed E-state index contributed by atoms with van der Waals surface area (Å²) < 4.78 is 27.1. The summed E-state index contributed by atoms with van der Waals surface area (Å²) in [6.07, 6.45) is 2.31. The number of benzene rings is 1. The molecule has 0 aliphatic carbocycles. The Labute approximate surface area is 176 Å². The Morgan fingerprint density at radius 3 is 2.40 bits per heavy atom. The lowest BCUT2D eigenvalue weighted by Crippen LogP contribution is -2.58. The number of hydrazine groups is 1. The average molecular weight is 441 g/mol. The molecular formula is C19H28N4O6S. The number of carbonyl (C=O) groups is 2. The van der Waals surface area contributed by atoms with Gasteiger partial charge in [-0.3, -0.25) is 19.5 Å². The standard InChI is InChI=1S/C19H28N4O6S/c1-14(2)11-12-17(24)22(23-18(25)13-20-30(23,28)29)16(19(26)21-27)10-6-9-15-7-4-3-5-8-15/h3-5,7-8,13-14,16,20,25,27H,6,9-12H2,1-2H3,(H,21,26)/t16-/m0/s1. The number of amides is 2. The fourth-order valence-electron chi connectivity index (χ4n) is 3.09. The predicted molar refractivity (Wildman–Crippen MR) is 109 cm³/mol. The monoisotopic (exact) mass is 440 g/mol. The Morgan fingerprint density at radius 1 is 1.20 bits per heavy atom. The van der Waals surface area contributed by atoms with Crippen molar-refractivity contribution in [2.45, 2.75) is 52.0 Å². The summed E-state index contributed by atoms with van der Waals surface area (Å²) >= 11 is 0. The lowest BCUT2D eigenvalue weighted by atomic mass is 10.0. The van der Waals surface area contributed by atoms with Crippen molar-refractivity contribution >= 4 is 22.0 Å². The van der Waals surface area contributed by atoms with Crippen LogP contribution in [0.5, 0.6) is 0 Å². The minimum absolute atomic E-state index is 0.0368. The first kappa shape index (κ1) is 23.5. The SMILES string of the molecule is CC(C)CCC(=O)N([C@@H](CCCc1ccccc1)C(=O)NO)N1C(O)=CNS1(=O)=O. The van der Waals surface area contributed by atoms with Crippen LogP contribution >= 0.6 is 0 Å². The van der Waals surface area contributed by atoms with E-state index >= 15 is 0 Å². The third-order valence-corrected chi connectivity index (χ3v) is 5.88. The van der Waals surface area contributed by atoms with Crippen molar-refractivity contribution in [3.05, 3.63) is 48.0 Å². The van der Waals surface area contributed by atoms with Gasteiger partial charge in [-0.25, -0.2) is 10.5 Å². The maximum absolute atomic E-state index is 13.0. The molecule has 2 amide bonds. The minimum Gasteiger partial charge on any atom is -0.492 e. The molecular weight excluding hydrogens is 412 g/mol. The summed E-state index contributed by atoms with van der Waals surface area (Å²) in [4.78, 5) is 25.4. The van der Waals surface area contributed by atoms with Crippen molar-refractivity contribution in [1.29, 1.82) is 0 Å². The highest BCUT2D eigenvalue weighted by Crippen LogP contribution is 2.24. The molecule has 0 saturated heterocycles. The molecule has 1 aromatic rings. The summed E-state index contributed by atoms with van der Waals surface area (Å²) in [7, 11) is -4.30. The van der Waals surface area contributed by atoms with E-state index in [-0.39, 0.29) is 18.8 Å². The maximum atomic E-state index is 13.0. The van der Waals surface area contributed by atoms with Gasteiger partial charge in [0.15, 0.2) is 0 Å². The third-order valence-electron chi connectivity index (χ3n) is 4.64. The summed E-state index contributed by atoms with van der Waals surface area (Å²) in [5, 5.41) is 20.0. The van der Waals surface area contributed by atoms with Gasteiger partial charge in [0.25, 0.3) is 5.91 Å². The molecule has 0 unspecified atom stereocenters. The number of nitrogens with zero attached hydrogens (tertiary/aromatic N) is 2. The molecule has 1 heterocycles. The van der Waals surface area contributed by atoms with Crippen molar-refractivity contribution in [3.8, 4) is 0 Å². The number of aryl methyl sites for hydroxylation is 1. The molecule has 2 rings (SSSR count). The van der Waals surface area contributed by atoms with Gasteiger partial charge in [-0.1, -0.05) is 44.2 Å². The minimum atomic E-state index is -4.30. The number of hydrogen-bond acceptors (Lipinski definition) is 6. The molecule has 0 aromatic heterocycles. The van der Waals surface area contributed by atoms with Crippen LogP contribution in [-0.4, -0.2) is 46.0 Å². The number of aliphatic hydroxyl groups excluding tert-OH is 1. The highest BCUT2D eigenvalue weighted by molar-refractivity contribution is 7.87. The number of aliphatic hydroxyl groups is 1. The summed E-state index contributed by atoms with van der Waals surface area (Å²) in [5.74, 6) is -2.19. The van der Waals surface area contributed by atoms with Crippen LogP contribution in [0.3, 0.4) is 0 Å². The van der Waals surface area contributed by atoms with E-state index in [1.54, 1.807) is 0 Å². The molecule has 166 valence electrons. The van der Waals surface area contributed by atoms with Crippen LogP contribution in [0.15, 0.2) is 42.4 Å². The van der Waals surface area contributed by atoms with Gasteiger partial charge in [0.05, 0.1) is 6.20 Å². The summed E-state index contributed by atoms with van der Waals surface area (Å²) in [6.45, 7) is 3.81. The van der Waals surface area contributed by atoms with E-state index in [1.807, 2.05) is 48.9 Å². The fraction of sp³-hybridized carbons (Fsp3) is 0.474. The molecule has 11 heteroatoms. The molecule has 30 heavy (non-hydrogen) atoms. The smallest absolute Gasteiger partial charge is 0.344 e. The highest BCUT2D eigenvalue weighted by atomic mass is 32.2. The van der Waals surface area contributed by atoms with Crippen molar-refractivity contribution < 1.29 is 28.3 Å². The van der Waals surface area contributed by atoms with E-state index in [2.05, 4.69) is 0 Å². The third kappa shape index (κ3) is 5.86. The molecule has 4 N–H and O–H groups in total. The van der Waals surface area contributed by atoms with Crippen LogP contribution in [0.2, 0.25) is 0 Å². The van der Waals surface area contributed by atoms with Crippen LogP contribution in [0.4, 0.5) is 0 Å². The molecule has 1 aliphatic rings. The van der Waals surface area contributed by atoms with Crippen molar-refractivity contribution in [1.82, 2.24) is 19.6 Å². The van der Waals surface area contributed by atoms with Gasteiger partial charge in [-0.15, -0.1) is 4.41 Å². The zero-order chi connectivity index (χ0) is 22.3. The van der Waals surface area contributed by atoms with Gasteiger partial charge in [0.2, 0.25) is 11.8 Å². The van der Waals surface area contributed by atoms with Crippen LogP contribution in [0.1, 0.15) is 45.1 Å². The Hall–Kier alpha value is -2.79. The normalized spacial score (nSPS) is 16.0. The molecule has 1 aromatic carbocycles. The Morgan fingerprint density at radius 2 is 1.87 bits per heavy atom. The van der Waals surface area contributed by atoms with Crippen LogP contribution in [0, 0.1) is 5.92 Å². The lowest BCUT2D eigenvalue weighted by molar-refractivity contribution is -0.156. The lowest BCUT2D eigenvalue weighted by Gasteiger charge is -2.36. The van der Waals surface area contributed by atoms with E-state index in [0.717, 1.165) is 11.8 Å². The van der Waals surface area contributed by atoms with Crippen LogP contribution in [-0.2, 0) is 26.2 Å². The molecule has 10 nitrogen and oxygen atoms in total. The number of nitrogens with one attached hydrogen (secondary N) is 2. The first-order valence-corrected chi connectivity index (χ1v) is 11.1. The Bertz CT molecular complexity index is 872. The van der Waals surface area contributed by atoms with Gasteiger partial charge in [0, 0.05) is 6.42 Å². The molecule has 1 atom stereocenters. The average Bonchev–Trinajstić information content (AvgIpc) is 2.98. The Balaban J connectivity index is 2.30. The van der Waals surface area contributed by atoms with Gasteiger partial charge in [0.1, 0.15) is 6.04 Å². The Kier molecular flexibility index (Phi) is 8.07. The molecule has 1 aliphatic heterocycles. The van der Waals surface area contributed by atoms with E-state index in [0.29, 0.717) is 28.7 Å². The van der Waals surface area contributed by atoms with Crippen LogP contribution in [0.25, 0.3) is 0 Å². The highest BCUT2D eigenvalue weighted by Gasteiger charge is 2.43. The number of rotatable bonds is 10. The van der Waals surface area contributed by atoms with Crippen molar-refractivity contribution in [3.63, 3.8) is 0 Å². The molecule has 0 fully saturated rings. The number of carbonyl (C=O) groups excluding carboxylic acids is 2. The number of hydrogen-bond donors (Lipinski definition) is 4. The topological polar surface area (TPSA) is 139 Å². The van der Waals surface area contributed by atoms with Gasteiger partial charge in [-0.2, -0.15) is 8.42 Å². The van der Waals surface area contributed by atoms with E-state index in [9.17, 15) is 28.3 Å². The molecule has 0 bridgehead atoms. The second-order valence-electron chi connectivity index (χ2n) is 7.41. The van der Waals surface area contributed by atoms with Crippen LogP contribution < -0.4 is 10.2 Å². The summed E-state index contributed by atoms with van der Waals surface area (Å²) in [5.41, 5.74) is 2.51. The van der Waals surface area contributed by atoms with Crippen molar-refractivity contribution in [2.24, 2.45) is 5.92 Å². The van der Waals surface area contributed by atoms with Gasteiger partial charge >= 0.3 is 10.2 Å². The molecule has 0 spiro atoms. The van der Waals surface area contributed by atoms with E-state index in [1.165, 1.54) is 5.48 Å². The second kappa shape index (κ2) is 10.3. The maximum Gasteiger partial charge on any atom is 0.344 e. The van der Waals surface area contributed by atoms with Gasteiger partial charge in [-0.05, 0) is 37.2 Å². The molecule has 0 radical (unpaired) electrons. The first-order valence-electron chi connectivity index (χ1n) is 9.69. The zero-order valence-corrected chi connectivity index (χ0v) is 17.8. The number of hydroxylamine groups is 1. The first-order chi connectivity index (χ1) is 14.2. The second-order valence-corrected chi connectivity index (χ2v) is 8.94. The molecule has 0 saturated carbocycles. The van der Waals surface area contributed by atoms with Crippen molar-refractivity contribution in [2.75, 3.05) is 0 Å². The van der Waals surface area contributed by atoms with Gasteiger partial charge < -0.3 is 5.11 Å². The summed E-state index contributed by atoms with van der Waals surface area (Å²) in [6, 6.07) is 8.11. The predicted octanol–water partition coefficient (Wildman–Crippen LogP) is 1.57. The van der Waals surface area contributed by atoms with E-state index < -0.39 is 33.9 Å². The fourth-order valence-corrected chi connectivity index (χ4v) is 4.18. The van der Waals surface area contributed by atoms with E-state index in [4.69, 9.17) is 0 Å². The zero-order valence-electron chi connectivity index (χ0n) is 17.0. The quantitative estimate of drug-likeness (QED) is 0.322. The largest absolute Gasteiger partial charge is 0.492 e.